The van der Waals surface area contributed by atoms with Gasteiger partial charge in [-0.3, -0.25) is 14.6 Å². The summed E-state index contributed by atoms with van der Waals surface area (Å²) in [6.45, 7) is 8.15. The fourth-order valence-electron chi connectivity index (χ4n) is 4.36. The minimum atomic E-state index is -0.762. The first-order valence-electron chi connectivity index (χ1n) is 8.90. The highest BCUT2D eigenvalue weighted by Crippen LogP contribution is 2.27. The van der Waals surface area contributed by atoms with E-state index in [2.05, 4.69) is 20.4 Å². The maximum Gasteiger partial charge on any atom is 0.154 e. The Balaban J connectivity index is 1.57. The Labute approximate surface area is 133 Å². The molecule has 0 aliphatic carbocycles. The Morgan fingerprint density at radius 1 is 0.909 bits per heavy atom. The van der Waals surface area contributed by atoms with Crippen LogP contribution < -0.4 is 16.4 Å². The number of piperazine rings is 1. The maximum atomic E-state index is 11.8. The SMILES string of the molecule is NC(C=O)(C1CCNCC1)N1CCN(C2CCNCC2)CC1. The Morgan fingerprint density at radius 3 is 2.00 bits per heavy atom. The molecule has 0 radical (unpaired) electrons. The van der Waals surface area contributed by atoms with Gasteiger partial charge in [0.25, 0.3) is 0 Å². The monoisotopic (exact) mass is 309 g/mol. The Kier molecular flexibility index (Phi) is 5.46. The van der Waals surface area contributed by atoms with Gasteiger partial charge in [0.2, 0.25) is 0 Å². The summed E-state index contributed by atoms with van der Waals surface area (Å²) in [4.78, 5) is 16.6. The number of aldehydes is 1. The lowest BCUT2D eigenvalue weighted by Gasteiger charge is -2.49. The first-order chi connectivity index (χ1) is 10.7. The highest BCUT2D eigenvalue weighted by Gasteiger charge is 2.42. The van der Waals surface area contributed by atoms with E-state index in [0.717, 1.165) is 71.5 Å². The molecule has 3 heterocycles. The molecule has 0 spiro atoms. The van der Waals surface area contributed by atoms with Crippen molar-refractivity contribution < 1.29 is 4.79 Å². The van der Waals surface area contributed by atoms with E-state index in [0.29, 0.717) is 6.04 Å². The van der Waals surface area contributed by atoms with Crippen molar-refractivity contribution in [1.29, 1.82) is 0 Å². The number of nitrogens with zero attached hydrogens (tertiary/aromatic N) is 2. The molecule has 0 aromatic heterocycles. The zero-order valence-corrected chi connectivity index (χ0v) is 13.6. The molecular weight excluding hydrogens is 278 g/mol. The second-order valence-corrected chi connectivity index (χ2v) is 7.03. The molecule has 1 unspecified atom stereocenters. The molecule has 0 aromatic carbocycles. The zero-order valence-electron chi connectivity index (χ0n) is 13.6. The lowest BCUT2D eigenvalue weighted by molar-refractivity contribution is -0.125. The van der Waals surface area contributed by atoms with E-state index in [1.165, 1.54) is 12.8 Å². The highest BCUT2D eigenvalue weighted by molar-refractivity contribution is 5.64. The predicted molar refractivity (Wildman–Crippen MR) is 87.6 cm³/mol. The van der Waals surface area contributed by atoms with Crippen LogP contribution >= 0.6 is 0 Å². The van der Waals surface area contributed by atoms with Crippen molar-refractivity contribution in [3.8, 4) is 0 Å². The number of hydrogen-bond acceptors (Lipinski definition) is 6. The quantitative estimate of drug-likeness (QED) is 0.591. The minimum absolute atomic E-state index is 0.289. The van der Waals surface area contributed by atoms with Crippen molar-refractivity contribution in [3.63, 3.8) is 0 Å². The summed E-state index contributed by atoms with van der Waals surface area (Å²) in [6.07, 6.45) is 5.52. The van der Waals surface area contributed by atoms with Gasteiger partial charge < -0.3 is 16.4 Å². The number of nitrogens with two attached hydrogens (primary N) is 1. The van der Waals surface area contributed by atoms with E-state index in [1.807, 2.05) is 0 Å². The standard InChI is InChI=1S/C16H31N5O/c17-16(13-22,14-1-5-18-6-2-14)21-11-9-20(10-12-21)15-3-7-19-8-4-15/h13-15,18-19H,1-12,17H2. The third kappa shape index (κ3) is 3.36. The molecule has 22 heavy (non-hydrogen) atoms. The van der Waals surface area contributed by atoms with Crippen molar-refractivity contribution in [1.82, 2.24) is 20.4 Å². The average Bonchev–Trinajstić information content (AvgIpc) is 2.63. The molecule has 0 saturated carbocycles. The van der Waals surface area contributed by atoms with E-state index in [-0.39, 0.29) is 5.92 Å². The molecule has 3 rings (SSSR count). The minimum Gasteiger partial charge on any atom is -0.317 e. The van der Waals surface area contributed by atoms with Crippen LogP contribution in [0.2, 0.25) is 0 Å². The van der Waals surface area contributed by atoms with E-state index < -0.39 is 5.66 Å². The van der Waals surface area contributed by atoms with E-state index in [1.54, 1.807) is 0 Å². The summed E-state index contributed by atoms with van der Waals surface area (Å²) >= 11 is 0. The summed E-state index contributed by atoms with van der Waals surface area (Å²) in [6, 6.07) is 0.714. The smallest absolute Gasteiger partial charge is 0.154 e. The normalized spacial score (nSPS) is 30.0. The molecule has 1 atom stereocenters. The highest BCUT2D eigenvalue weighted by atomic mass is 16.1. The Hall–Kier alpha value is -0.530. The van der Waals surface area contributed by atoms with Gasteiger partial charge >= 0.3 is 0 Å². The summed E-state index contributed by atoms with van der Waals surface area (Å²) < 4.78 is 0. The number of piperidine rings is 2. The van der Waals surface area contributed by atoms with Crippen LogP contribution in [0, 0.1) is 5.92 Å². The van der Waals surface area contributed by atoms with Crippen molar-refractivity contribution in [2.75, 3.05) is 52.4 Å². The summed E-state index contributed by atoms with van der Waals surface area (Å²) in [5, 5.41) is 6.79. The van der Waals surface area contributed by atoms with E-state index in [9.17, 15) is 4.79 Å². The lowest BCUT2D eigenvalue weighted by atomic mass is 9.84. The van der Waals surface area contributed by atoms with Crippen LogP contribution in [-0.4, -0.2) is 80.1 Å². The summed E-state index contributed by atoms with van der Waals surface area (Å²) in [5.74, 6) is 0.289. The topological polar surface area (TPSA) is 73.6 Å². The van der Waals surface area contributed by atoms with Crippen molar-refractivity contribution in [2.24, 2.45) is 11.7 Å². The number of hydrogen-bond donors (Lipinski definition) is 3. The molecule has 3 fully saturated rings. The Bertz CT molecular complexity index is 360. The fraction of sp³-hybridized carbons (Fsp3) is 0.938. The largest absolute Gasteiger partial charge is 0.317 e. The van der Waals surface area contributed by atoms with Crippen LogP contribution in [0.5, 0.6) is 0 Å². The molecule has 6 heteroatoms. The maximum absolute atomic E-state index is 11.8. The van der Waals surface area contributed by atoms with Crippen LogP contribution in [-0.2, 0) is 4.79 Å². The van der Waals surface area contributed by atoms with Gasteiger partial charge in [-0.05, 0) is 57.8 Å². The van der Waals surface area contributed by atoms with Gasteiger partial charge in [0.15, 0.2) is 6.29 Å². The molecule has 126 valence electrons. The number of rotatable bonds is 4. The number of carbonyl (C=O) groups excluding carboxylic acids is 1. The van der Waals surface area contributed by atoms with Gasteiger partial charge in [0, 0.05) is 32.2 Å². The van der Waals surface area contributed by atoms with Gasteiger partial charge in [-0.25, -0.2) is 0 Å². The third-order valence-electron chi connectivity index (χ3n) is 5.87. The molecule has 6 nitrogen and oxygen atoms in total. The van der Waals surface area contributed by atoms with Gasteiger partial charge in [0.05, 0.1) is 0 Å². The van der Waals surface area contributed by atoms with Gasteiger partial charge in [-0.1, -0.05) is 0 Å². The van der Waals surface area contributed by atoms with Crippen LogP contribution in [0.1, 0.15) is 25.7 Å². The Morgan fingerprint density at radius 2 is 1.45 bits per heavy atom. The van der Waals surface area contributed by atoms with E-state index >= 15 is 0 Å². The molecule has 0 amide bonds. The lowest BCUT2D eigenvalue weighted by Crippen LogP contribution is -2.68. The molecule has 3 aliphatic rings. The molecule has 3 saturated heterocycles. The second-order valence-electron chi connectivity index (χ2n) is 7.03. The number of nitrogens with one attached hydrogen (secondary N) is 2. The van der Waals surface area contributed by atoms with Crippen LogP contribution in [0.15, 0.2) is 0 Å². The van der Waals surface area contributed by atoms with Gasteiger partial charge in [-0.2, -0.15) is 0 Å². The van der Waals surface area contributed by atoms with Gasteiger partial charge in [0.1, 0.15) is 5.66 Å². The van der Waals surface area contributed by atoms with Crippen LogP contribution in [0.3, 0.4) is 0 Å². The fourth-order valence-corrected chi connectivity index (χ4v) is 4.36. The second kappa shape index (κ2) is 7.36. The first kappa shape index (κ1) is 16.3. The molecule has 4 N–H and O–H groups in total. The molecule has 0 bridgehead atoms. The summed E-state index contributed by atoms with van der Waals surface area (Å²) in [7, 11) is 0. The van der Waals surface area contributed by atoms with E-state index in [4.69, 9.17) is 5.73 Å². The molecule has 0 aromatic rings. The molecule has 3 aliphatic heterocycles. The van der Waals surface area contributed by atoms with Crippen LogP contribution in [0.25, 0.3) is 0 Å². The van der Waals surface area contributed by atoms with Crippen molar-refractivity contribution >= 4 is 6.29 Å². The van der Waals surface area contributed by atoms with Crippen molar-refractivity contribution in [3.05, 3.63) is 0 Å². The predicted octanol–water partition coefficient (Wildman–Crippen LogP) is -0.790. The summed E-state index contributed by atoms with van der Waals surface area (Å²) in [5.41, 5.74) is 5.81. The van der Waals surface area contributed by atoms with Crippen LogP contribution in [0.4, 0.5) is 0 Å². The molecular formula is C16H31N5O. The average molecular weight is 309 g/mol. The number of carbonyl (C=O) groups is 1. The van der Waals surface area contributed by atoms with Crippen molar-refractivity contribution in [2.45, 2.75) is 37.4 Å². The third-order valence-corrected chi connectivity index (χ3v) is 5.87. The zero-order chi connectivity index (χ0) is 15.4. The first-order valence-corrected chi connectivity index (χ1v) is 8.90. The van der Waals surface area contributed by atoms with Gasteiger partial charge in [-0.15, -0.1) is 0 Å².